The average molecular weight is 287 g/mol. The van der Waals surface area contributed by atoms with E-state index in [2.05, 4.69) is 6.07 Å². The number of aromatic carboxylic acids is 1. The van der Waals surface area contributed by atoms with Crippen LogP contribution in [0.1, 0.15) is 27.0 Å². The van der Waals surface area contributed by atoms with Gasteiger partial charge in [0.25, 0.3) is 0 Å². The van der Waals surface area contributed by atoms with E-state index in [0.29, 0.717) is 12.1 Å². The molecule has 110 valence electrons. The third kappa shape index (κ3) is 3.60. The molecule has 0 aliphatic carbocycles. The lowest BCUT2D eigenvalue weighted by Crippen LogP contribution is -2.19. The van der Waals surface area contributed by atoms with Crippen molar-refractivity contribution in [2.24, 2.45) is 0 Å². The molecule has 0 saturated heterocycles. The lowest BCUT2D eigenvalue weighted by atomic mass is 10.1. The topological polar surface area (TPSA) is 40.5 Å². The molecule has 3 nitrogen and oxygen atoms in total. The molecule has 0 fully saturated rings. The third-order valence-electron chi connectivity index (χ3n) is 3.35. The normalized spacial score (nSPS) is 10.5. The molecule has 1 N–H and O–H groups in total. The van der Waals surface area contributed by atoms with Crippen LogP contribution in [0.2, 0.25) is 0 Å². The molecule has 0 amide bonds. The maximum absolute atomic E-state index is 13.4. The SMILES string of the molecule is Cc1cc(C)cc(N(C)Cc2cc(F)ccc2C(=O)O)c1. The number of aryl methyl sites for hydroxylation is 2. The summed E-state index contributed by atoms with van der Waals surface area (Å²) in [5.74, 6) is -1.47. The predicted octanol–water partition coefficient (Wildman–Crippen LogP) is 3.78. The molecule has 0 saturated carbocycles. The second-order valence-corrected chi connectivity index (χ2v) is 5.31. The fraction of sp³-hybridized carbons (Fsp3) is 0.235. The molecule has 0 radical (unpaired) electrons. The van der Waals surface area contributed by atoms with Crippen LogP contribution in [0.15, 0.2) is 36.4 Å². The first-order valence-corrected chi connectivity index (χ1v) is 6.68. The van der Waals surface area contributed by atoms with Gasteiger partial charge >= 0.3 is 5.97 Å². The number of hydrogen-bond acceptors (Lipinski definition) is 2. The molecule has 0 heterocycles. The summed E-state index contributed by atoms with van der Waals surface area (Å²) in [6.07, 6.45) is 0. The minimum atomic E-state index is -1.04. The van der Waals surface area contributed by atoms with Gasteiger partial charge in [-0.15, -0.1) is 0 Å². The van der Waals surface area contributed by atoms with Crippen molar-refractivity contribution in [3.05, 3.63) is 64.5 Å². The quantitative estimate of drug-likeness (QED) is 0.930. The van der Waals surface area contributed by atoms with Gasteiger partial charge in [-0.25, -0.2) is 9.18 Å². The number of hydrogen-bond donors (Lipinski definition) is 1. The smallest absolute Gasteiger partial charge is 0.336 e. The molecule has 4 heteroatoms. The van der Waals surface area contributed by atoms with Gasteiger partial charge in [0.05, 0.1) is 5.56 Å². The fourth-order valence-electron chi connectivity index (χ4n) is 2.42. The minimum absolute atomic E-state index is 0.132. The standard InChI is InChI=1S/C17H18FNO2/c1-11-6-12(2)8-15(7-11)19(3)10-13-9-14(18)4-5-16(13)17(20)21/h4-9H,10H2,1-3H3,(H,20,21). The van der Waals surface area contributed by atoms with Crippen molar-refractivity contribution in [1.82, 2.24) is 0 Å². The molecule has 0 aliphatic rings. The zero-order valence-corrected chi connectivity index (χ0v) is 12.4. The van der Waals surface area contributed by atoms with E-state index in [9.17, 15) is 14.3 Å². The van der Waals surface area contributed by atoms with Crippen LogP contribution < -0.4 is 4.90 Å². The number of halogens is 1. The Morgan fingerprint density at radius 3 is 2.33 bits per heavy atom. The van der Waals surface area contributed by atoms with Gasteiger partial charge in [-0.1, -0.05) is 6.07 Å². The first-order chi connectivity index (χ1) is 9.86. The molecular weight excluding hydrogens is 269 g/mol. The summed E-state index contributed by atoms with van der Waals surface area (Å²) in [7, 11) is 1.87. The number of carbonyl (C=O) groups is 1. The predicted molar refractivity (Wildman–Crippen MR) is 81.4 cm³/mol. The van der Waals surface area contributed by atoms with Gasteiger partial charge in [-0.2, -0.15) is 0 Å². The van der Waals surface area contributed by atoms with Crippen LogP contribution in [0.3, 0.4) is 0 Å². The van der Waals surface area contributed by atoms with Crippen molar-refractivity contribution >= 4 is 11.7 Å². The molecule has 0 bridgehead atoms. The number of benzene rings is 2. The largest absolute Gasteiger partial charge is 0.478 e. The van der Waals surface area contributed by atoms with Gasteiger partial charge in [0, 0.05) is 19.3 Å². The maximum atomic E-state index is 13.4. The van der Waals surface area contributed by atoms with E-state index in [4.69, 9.17) is 0 Å². The summed E-state index contributed by atoms with van der Waals surface area (Å²) in [5.41, 5.74) is 3.84. The number of nitrogens with zero attached hydrogens (tertiary/aromatic N) is 1. The number of carboxylic acids is 1. The summed E-state index contributed by atoms with van der Waals surface area (Å²) < 4.78 is 13.4. The van der Waals surface area contributed by atoms with E-state index in [1.807, 2.05) is 37.9 Å². The lowest BCUT2D eigenvalue weighted by Gasteiger charge is -2.21. The van der Waals surface area contributed by atoms with Crippen LogP contribution in [0.4, 0.5) is 10.1 Å². The lowest BCUT2D eigenvalue weighted by molar-refractivity contribution is 0.0695. The highest BCUT2D eigenvalue weighted by Gasteiger charge is 2.13. The number of carboxylic acid groups (broad SMARTS) is 1. The van der Waals surface area contributed by atoms with Crippen molar-refractivity contribution in [1.29, 1.82) is 0 Å². The molecular formula is C17H18FNO2. The van der Waals surface area contributed by atoms with Crippen LogP contribution in [0.5, 0.6) is 0 Å². The van der Waals surface area contributed by atoms with E-state index in [1.165, 1.54) is 18.2 Å². The zero-order chi connectivity index (χ0) is 15.6. The summed E-state index contributed by atoms with van der Waals surface area (Å²) in [6.45, 7) is 4.35. The molecule has 2 aromatic rings. The van der Waals surface area contributed by atoms with Gasteiger partial charge < -0.3 is 10.0 Å². The van der Waals surface area contributed by atoms with Crippen molar-refractivity contribution in [3.8, 4) is 0 Å². The fourth-order valence-corrected chi connectivity index (χ4v) is 2.42. The Labute approximate surface area is 123 Å². The van der Waals surface area contributed by atoms with E-state index >= 15 is 0 Å². The maximum Gasteiger partial charge on any atom is 0.336 e. The van der Waals surface area contributed by atoms with E-state index in [1.54, 1.807) is 0 Å². The van der Waals surface area contributed by atoms with Gasteiger partial charge in [-0.05, 0) is 60.9 Å². The summed E-state index contributed by atoms with van der Waals surface area (Å²) in [4.78, 5) is 13.1. The van der Waals surface area contributed by atoms with Gasteiger partial charge in [0.15, 0.2) is 0 Å². The number of anilines is 1. The Kier molecular flexibility index (Phi) is 4.26. The highest BCUT2D eigenvalue weighted by molar-refractivity contribution is 5.89. The van der Waals surface area contributed by atoms with Gasteiger partial charge in [0.2, 0.25) is 0 Å². The Morgan fingerprint density at radius 1 is 1.14 bits per heavy atom. The Hall–Kier alpha value is -2.36. The van der Waals surface area contributed by atoms with Gasteiger partial charge in [-0.3, -0.25) is 0 Å². The van der Waals surface area contributed by atoms with Crippen LogP contribution in [-0.2, 0) is 6.54 Å². The van der Waals surface area contributed by atoms with Crippen molar-refractivity contribution in [2.75, 3.05) is 11.9 Å². The molecule has 2 aromatic carbocycles. The Balaban J connectivity index is 2.32. The molecule has 0 aromatic heterocycles. The van der Waals surface area contributed by atoms with Crippen molar-refractivity contribution in [2.45, 2.75) is 20.4 Å². The third-order valence-corrected chi connectivity index (χ3v) is 3.35. The van der Waals surface area contributed by atoms with Crippen LogP contribution in [-0.4, -0.2) is 18.1 Å². The summed E-state index contributed by atoms with van der Waals surface area (Å²) in [6, 6.07) is 9.87. The monoisotopic (exact) mass is 287 g/mol. The van der Waals surface area contributed by atoms with E-state index < -0.39 is 11.8 Å². The summed E-state index contributed by atoms with van der Waals surface area (Å²) in [5, 5.41) is 9.19. The second kappa shape index (κ2) is 5.95. The van der Waals surface area contributed by atoms with Crippen LogP contribution >= 0.6 is 0 Å². The highest BCUT2D eigenvalue weighted by Crippen LogP contribution is 2.21. The Morgan fingerprint density at radius 2 is 1.76 bits per heavy atom. The van der Waals surface area contributed by atoms with E-state index in [-0.39, 0.29) is 5.56 Å². The molecule has 0 aliphatic heterocycles. The van der Waals surface area contributed by atoms with E-state index in [0.717, 1.165) is 16.8 Å². The summed E-state index contributed by atoms with van der Waals surface area (Å²) >= 11 is 0. The number of rotatable bonds is 4. The average Bonchev–Trinajstić information content (AvgIpc) is 2.37. The molecule has 2 rings (SSSR count). The second-order valence-electron chi connectivity index (χ2n) is 5.31. The molecule has 0 atom stereocenters. The van der Waals surface area contributed by atoms with Crippen LogP contribution in [0.25, 0.3) is 0 Å². The molecule has 21 heavy (non-hydrogen) atoms. The van der Waals surface area contributed by atoms with Crippen molar-refractivity contribution in [3.63, 3.8) is 0 Å². The Bertz CT molecular complexity index is 662. The highest BCUT2D eigenvalue weighted by atomic mass is 19.1. The van der Waals surface area contributed by atoms with Gasteiger partial charge in [0.1, 0.15) is 5.82 Å². The van der Waals surface area contributed by atoms with Crippen molar-refractivity contribution < 1.29 is 14.3 Å². The first kappa shape index (κ1) is 15.0. The van der Waals surface area contributed by atoms with Crippen LogP contribution in [0, 0.1) is 19.7 Å². The molecule has 0 unspecified atom stereocenters. The minimum Gasteiger partial charge on any atom is -0.478 e. The molecule has 0 spiro atoms. The first-order valence-electron chi connectivity index (χ1n) is 6.68. The zero-order valence-electron chi connectivity index (χ0n) is 12.4.